The van der Waals surface area contributed by atoms with Gasteiger partial charge in [-0.3, -0.25) is 4.79 Å². The van der Waals surface area contributed by atoms with Crippen molar-refractivity contribution >= 4 is 26.9 Å². The maximum atomic E-state index is 13.0. The van der Waals surface area contributed by atoms with Gasteiger partial charge in [0.15, 0.2) is 5.58 Å². The van der Waals surface area contributed by atoms with E-state index in [2.05, 4.69) is 5.16 Å². The minimum Gasteiger partial charge on any atom is -0.379 e. The molecule has 3 heterocycles. The van der Waals surface area contributed by atoms with E-state index < -0.39 is 10.0 Å². The number of benzene rings is 1. The van der Waals surface area contributed by atoms with E-state index in [0.29, 0.717) is 44.1 Å². The van der Waals surface area contributed by atoms with E-state index >= 15 is 0 Å². The first-order chi connectivity index (χ1) is 13.5. The Morgan fingerprint density at radius 3 is 2.79 bits per heavy atom. The third kappa shape index (κ3) is 3.21. The normalized spacial score (nSPS) is 26.4. The van der Waals surface area contributed by atoms with Crippen LogP contribution in [0.15, 0.2) is 28.8 Å². The first-order valence-corrected chi connectivity index (χ1v) is 11.2. The van der Waals surface area contributed by atoms with E-state index in [1.807, 2.05) is 24.3 Å². The van der Waals surface area contributed by atoms with Crippen molar-refractivity contribution in [3.8, 4) is 0 Å². The van der Waals surface area contributed by atoms with Gasteiger partial charge in [0.1, 0.15) is 5.69 Å². The van der Waals surface area contributed by atoms with Crippen molar-refractivity contribution in [2.75, 3.05) is 32.8 Å². The zero-order valence-electron chi connectivity index (χ0n) is 15.5. The molecule has 1 aromatic carbocycles. The Bertz CT molecular complexity index is 1000. The summed E-state index contributed by atoms with van der Waals surface area (Å²) in [6.45, 7) is 2.10. The topological polar surface area (TPSA) is 93.0 Å². The predicted octanol–water partition coefficient (Wildman–Crippen LogP) is 1.02. The number of hydrogen-bond acceptors (Lipinski definition) is 6. The third-order valence-electron chi connectivity index (χ3n) is 5.81. The number of fused-ring (bicyclic) bond motifs is 4. The van der Waals surface area contributed by atoms with Crippen LogP contribution in [0.3, 0.4) is 0 Å². The summed E-state index contributed by atoms with van der Waals surface area (Å²) in [5.41, 5.74) is 1.28. The Kier molecular flexibility index (Phi) is 4.41. The second-order valence-electron chi connectivity index (χ2n) is 7.97. The van der Waals surface area contributed by atoms with Crippen molar-refractivity contribution in [2.24, 2.45) is 5.92 Å². The SMILES string of the molecule is O=C(Cc1noc2ccccc12)N1C[C@@H]2COC[C@H](C1)N(S(=O)(=O)C1CC1)C2. The van der Waals surface area contributed by atoms with Crippen molar-refractivity contribution in [1.82, 2.24) is 14.4 Å². The molecule has 3 fully saturated rings. The number of hydrogen-bond donors (Lipinski definition) is 0. The average molecular weight is 405 g/mol. The summed E-state index contributed by atoms with van der Waals surface area (Å²) in [5, 5.41) is 4.65. The smallest absolute Gasteiger partial charge is 0.228 e. The van der Waals surface area contributed by atoms with Gasteiger partial charge in [-0.05, 0) is 25.0 Å². The number of ether oxygens (including phenoxy) is 1. The fourth-order valence-electron chi connectivity index (χ4n) is 4.20. The van der Waals surface area contributed by atoms with Crippen LogP contribution in [-0.2, 0) is 26.0 Å². The highest BCUT2D eigenvalue weighted by atomic mass is 32.2. The maximum Gasteiger partial charge on any atom is 0.228 e. The van der Waals surface area contributed by atoms with Crippen LogP contribution in [-0.4, -0.2) is 72.8 Å². The van der Waals surface area contributed by atoms with Gasteiger partial charge in [0.25, 0.3) is 0 Å². The number of aromatic nitrogens is 1. The molecule has 8 nitrogen and oxygen atoms in total. The Labute approximate surface area is 163 Å². The molecule has 1 amide bonds. The molecule has 5 rings (SSSR count). The lowest BCUT2D eigenvalue weighted by atomic mass is 10.1. The summed E-state index contributed by atoms with van der Waals surface area (Å²) in [5.74, 6) is -0.0688. The van der Waals surface area contributed by atoms with Gasteiger partial charge >= 0.3 is 0 Å². The maximum absolute atomic E-state index is 13.0. The summed E-state index contributed by atoms with van der Waals surface area (Å²) >= 11 is 0. The van der Waals surface area contributed by atoms with Crippen LogP contribution in [0, 0.1) is 5.92 Å². The molecule has 3 aliphatic rings. The summed E-state index contributed by atoms with van der Waals surface area (Å²) in [6.07, 6.45) is 1.62. The highest BCUT2D eigenvalue weighted by molar-refractivity contribution is 7.90. The second kappa shape index (κ2) is 6.82. The highest BCUT2D eigenvalue weighted by Crippen LogP contribution is 2.34. The van der Waals surface area contributed by atoms with Gasteiger partial charge in [0.2, 0.25) is 15.9 Å². The van der Waals surface area contributed by atoms with Crippen LogP contribution in [0.1, 0.15) is 18.5 Å². The third-order valence-corrected chi connectivity index (χ3v) is 8.23. The number of rotatable bonds is 4. The molecule has 9 heteroatoms. The van der Waals surface area contributed by atoms with E-state index in [1.165, 1.54) is 0 Å². The van der Waals surface area contributed by atoms with Gasteiger partial charge in [-0.2, -0.15) is 4.31 Å². The first-order valence-electron chi connectivity index (χ1n) is 9.72. The van der Waals surface area contributed by atoms with E-state index in [-0.39, 0.29) is 29.5 Å². The van der Waals surface area contributed by atoms with Gasteiger partial charge in [0.05, 0.1) is 30.9 Å². The Hall–Kier alpha value is -1.97. The van der Waals surface area contributed by atoms with Crippen molar-refractivity contribution in [2.45, 2.75) is 30.6 Å². The van der Waals surface area contributed by atoms with Crippen LogP contribution in [0.25, 0.3) is 11.0 Å². The van der Waals surface area contributed by atoms with Crippen LogP contribution in [0.5, 0.6) is 0 Å². The summed E-state index contributed by atoms with van der Waals surface area (Å²) in [7, 11) is -3.31. The van der Waals surface area contributed by atoms with Crippen LogP contribution < -0.4 is 0 Å². The van der Waals surface area contributed by atoms with Crippen LogP contribution in [0.2, 0.25) is 0 Å². The lowest BCUT2D eigenvalue weighted by Crippen LogP contribution is -2.48. The van der Waals surface area contributed by atoms with Gasteiger partial charge < -0.3 is 14.2 Å². The molecule has 2 aliphatic heterocycles. The molecule has 2 bridgehead atoms. The number of carbonyl (C=O) groups excluding carboxylic acids is 1. The van der Waals surface area contributed by atoms with Gasteiger partial charge in [-0.1, -0.05) is 17.3 Å². The second-order valence-corrected chi connectivity index (χ2v) is 10.1. The molecule has 1 aromatic heterocycles. The lowest BCUT2D eigenvalue weighted by molar-refractivity contribution is -0.132. The van der Waals surface area contributed by atoms with Crippen molar-refractivity contribution in [1.29, 1.82) is 0 Å². The fraction of sp³-hybridized carbons (Fsp3) is 0.579. The lowest BCUT2D eigenvalue weighted by Gasteiger charge is -2.30. The standard InChI is InChI=1S/C19H23N3O5S/c23-19(7-17-16-3-1-2-4-18(16)27-20-17)21-8-13-9-22(14(10-21)12-26-11-13)28(24,25)15-5-6-15/h1-4,13-15H,5-12H2/t13-,14-/m0/s1. The Morgan fingerprint density at radius 2 is 1.96 bits per heavy atom. The Balaban J connectivity index is 1.37. The van der Waals surface area contributed by atoms with Gasteiger partial charge in [-0.15, -0.1) is 0 Å². The van der Waals surface area contributed by atoms with E-state index in [4.69, 9.17) is 9.26 Å². The molecular weight excluding hydrogens is 382 g/mol. The molecule has 28 heavy (non-hydrogen) atoms. The molecule has 0 unspecified atom stereocenters. The minimum absolute atomic E-state index is 0.0148. The molecule has 0 N–H and O–H groups in total. The zero-order valence-corrected chi connectivity index (χ0v) is 16.3. The first kappa shape index (κ1) is 18.1. The molecule has 150 valence electrons. The number of nitrogens with zero attached hydrogens (tertiary/aromatic N) is 3. The van der Waals surface area contributed by atoms with Crippen LogP contribution >= 0.6 is 0 Å². The van der Waals surface area contributed by atoms with E-state index in [1.54, 1.807) is 9.21 Å². The quantitative estimate of drug-likeness (QED) is 0.754. The number of para-hydroxylation sites is 1. The molecule has 1 aliphatic carbocycles. The molecule has 2 aromatic rings. The highest BCUT2D eigenvalue weighted by Gasteiger charge is 2.46. The Morgan fingerprint density at radius 1 is 1.14 bits per heavy atom. The molecular formula is C19H23N3O5S. The number of amides is 1. The summed E-state index contributed by atoms with van der Waals surface area (Å²) < 4.78 is 38.4. The van der Waals surface area contributed by atoms with E-state index in [0.717, 1.165) is 18.2 Å². The summed E-state index contributed by atoms with van der Waals surface area (Å²) in [6, 6.07) is 7.15. The molecule has 1 saturated carbocycles. The van der Waals surface area contributed by atoms with Crippen molar-refractivity contribution in [3.05, 3.63) is 30.0 Å². The monoisotopic (exact) mass is 405 g/mol. The summed E-state index contributed by atoms with van der Waals surface area (Å²) in [4.78, 5) is 14.8. The van der Waals surface area contributed by atoms with E-state index in [9.17, 15) is 13.2 Å². The molecule has 0 radical (unpaired) electrons. The fourth-order valence-corrected chi connectivity index (χ4v) is 6.27. The molecule has 0 spiro atoms. The van der Waals surface area contributed by atoms with Gasteiger partial charge in [-0.25, -0.2) is 8.42 Å². The number of sulfonamides is 1. The van der Waals surface area contributed by atoms with Crippen molar-refractivity contribution in [3.63, 3.8) is 0 Å². The largest absolute Gasteiger partial charge is 0.379 e. The molecule has 2 saturated heterocycles. The number of carbonyl (C=O) groups is 1. The van der Waals surface area contributed by atoms with Crippen molar-refractivity contribution < 1.29 is 22.5 Å². The minimum atomic E-state index is -3.31. The predicted molar refractivity (Wildman–Crippen MR) is 101 cm³/mol. The van der Waals surface area contributed by atoms with Crippen LogP contribution in [0.4, 0.5) is 0 Å². The average Bonchev–Trinajstić information content (AvgIpc) is 3.48. The van der Waals surface area contributed by atoms with Gasteiger partial charge in [0, 0.05) is 30.9 Å². The molecule has 2 atom stereocenters. The zero-order chi connectivity index (χ0) is 19.3.